The molecule has 22 heavy (non-hydrogen) atoms. The molecular formula is C17H26N2O3. The molecule has 5 heteroatoms. The number of urea groups is 1. The molecule has 0 heterocycles. The molecule has 5 nitrogen and oxygen atoms in total. The molecule has 1 rings (SSSR count). The number of hydrogen-bond donors (Lipinski definition) is 2. The van der Waals surface area contributed by atoms with Crippen LogP contribution in [0.15, 0.2) is 18.2 Å². The molecule has 0 saturated heterocycles. The van der Waals surface area contributed by atoms with Gasteiger partial charge in [-0.3, -0.25) is 4.79 Å². The number of rotatable bonds is 5. The predicted octanol–water partition coefficient (Wildman–Crippen LogP) is 3.37. The molecular weight excluding hydrogens is 280 g/mol. The molecule has 0 aliphatic carbocycles. The average molecular weight is 306 g/mol. The summed E-state index contributed by atoms with van der Waals surface area (Å²) in [4.78, 5) is 23.0. The largest absolute Gasteiger partial charge is 0.469 e. The second kappa shape index (κ2) is 7.82. The smallest absolute Gasteiger partial charge is 0.319 e. The van der Waals surface area contributed by atoms with Gasteiger partial charge in [-0.25, -0.2) is 4.79 Å². The summed E-state index contributed by atoms with van der Waals surface area (Å²) >= 11 is 0. The van der Waals surface area contributed by atoms with Crippen LogP contribution in [0.3, 0.4) is 0 Å². The van der Waals surface area contributed by atoms with Gasteiger partial charge < -0.3 is 15.4 Å². The van der Waals surface area contributed by atoms with Crippen LogP contribution in [0.2, 0.25) is 0 Å². The molecule has 0 aliphatic rings. The maximum Gasteiger partial charge on any atom is 0.319 e. The third kappa shape index (κ3) is 5.39. The van der Waals surface area contributed by atoms with E-state index in [1.807, 2.05) is 25.1 Å². The van der Waals surface area contributed by atoms with Crippen molar-refractivity contribution in [2.75, 3.05) is 19.0 Å². The van der Waals surface area contributed by atoms with Crippen molar-refractivity contribution in [3.8, 4) is 0 Å². The van der Waals surface area contributed by atoms with E-state index in [9.17, 15) is 9.59 Å². The number of ether oxygens (including phenoxy) is 1. The Bertz CT molecular complexity index is 533. The summed E-state index contributed by atoms with van der Waals surface area (Å²) in [6, 6.07) is 5.74. The molecule has 2 amide bonds. The highest BCUT2D eigenvalue weighted by Crippen LogP contribution is 2.31. The van der Waals surface area contributed by atoms with Crippen LogP contribution in [0.5, 0.6) is 0 Å². The van der Waals surface area contributed by atoms with Crippen molar-refractivity contribution in [3.63, 3.8) is 0 Å². The third-order valence-electron chi connectivity index (χ3n) is 3.39. The van der Waals surface area contributed by atoms with Gasteiger partial charge in [-0.15, -0.1) is 0 Å². The number of para-hydroxylation sites is 1. The van der Waals surface area contributed by atoms with Gasteiger partial charge >= 0.3 is 12.0 Å². The SMILES string of the molecule is COC(=O)CCCNC(=O)Nc1c(C)cccc1C(C)(C)C. The number of amides is 2. The van der Waals surface area contributed by atoms with Gasteiger partial charge in [0.15, 0.2) is 0 Å². The minimum absolute atomic E-state index is 0.0560. The number of methoxy groups -OCH3 is 1. The van der Waals surface area contributed by atoms with Crippen molar-refractivity contribution in [2.45, 2.75) is 46.0 Å². The van der Waals surface area contributed by atoms with E-state index in [0.717, 1.165) is 16.8 Å². The van der Waals surface area contributed by atoms with Crippen molar-refractivity contribution < 1.29 is 14.3 Å². The van der Waals surface area contributed by atoms with E-state index in [1.165, 1.54) is 7.11 Å². The molecule has 0 aromatic heterocycles. The van der Waals surface area contributed by atoms with Gasteiger partial charge in [-0.05, 0) is 29.9 Å². The topological polar surface area (TPSA) is 67.4 Å². The van der Waals surface area contributed by atoms with Crippen LogP contribution in [0.25, 0.3) is 0 Å². The van der Waals surface area contributed by atoms with Crippen LogP contribution in [-0.4, -0.2) is 25.7 Å². The van der Waals surface area contributed by atoms with E-state index in [2.05, 4.69) is 36.1 Å². The summed E-state index contributed by atoms with van der Waals surface area (Å²) in [5, 5.41) is 5.68. The Hall–Kier alpha value is -2.04. The van der Waals surface area contributed by atoms with Crippen molar-refractivity contribution in [3.05, 3.63) is 29.3 Å². The van der Waals surface area contributed by atoms with Crippen LogP contribution in [0.4, 0.5) is 10.5 Å². The minimum atomic E-state index is -0.267. The molecule has 0 saturated carbocycles. The van der Waals surface area contributed by atoms with Gasteiger partial charge in [0.1, 0.15) is 0 Å². The number of carbonyl (C=O) groups is 2. The Morgan fingerprint density at radius 2 is 1.91 bits per heavy atom. The average Bonchev–Trinajstić information content (AvgIpc) is 2.44. The number of hydrogen-bond acceptors (Lipinski definition) is 3. The zero-order valence-electron chi connectivity index (χ0n) is 14.1. The standard InChI is InChI=1S/C17H26N2O3/c1-12-8-6-9-13(17(2,3)4)15(12)19-16(21)18-11-7-10-14(20)22-5/h6,8-9H,7,10-11H2,1-5H3,(H2,18,19,21). The van der Waals surface area contributed by atoms with Crippen LogP contribution in [0.1, 0.15) is 44.7 Å². The summed E-state index contributed by atoms with van der Waals surface area (Å²) in [5.74, 6) is -0.267. The molecule has 122 valence electrons. The quantitative estimate of drug-likeness (QED) is 0.647. The Morgan fingerprint density at radius 3 is 2.50 bits per heavy atom. The number of carbonyl (C=O) groups excluding carboxylic acids is 2. The molecule has 0 aliphatic heterocycles. The van der Waals surface area contributed by atoms with Gasteiger partial charge in [-0.2, -0.15) is 0 Å². The molecule has 0 unspecified atom stereocenters. The molecule has 2 N–H and O–H groups in total. The Kier molecular flexibility index (Phi) is 6.40. The van der Waals surface area contributed by atoms with Crippen LogP contribution in [-0.2, 0) is 14.9 Å². The number of esters is 1. The molecule has 0 radical (unpaired) electrons. The molecule has 0 atom stereocenters. The lowest BCUT2D eigenvalue weighted by Crippen LogP contribution is -2.31. The van der Waals surface area contributed by atoms with E-state index in [4.69, 9.17) is 0 Å². The summed E-state index contributed by atoms with van der Waals surface area (Å²) in [6.45, 7) is 8.74. The number of nitrogens with one attached hydrogen (secondary N) is 2. The van der Waals surface area contributed by atoms with Crippen LogP contribution < -0.4 is 10.6 Å². The number of aryl methyl sites for hydroxylation is 1. The van der Waals surface area contributed by atoms with Crippen molar-refractivity contribution in [2.24, 2.45) is 0 Å². The second-order valence-corrected chi connectivity index (χ2v) is 6.31. The van der Waals surface area contributed by atoms with Crippen molar-refractivity contribution >= 4 is 17.7 Å². The minimum Gasteiger partial charge on any atom is -0.469 e. The molecule has 0 spiro atoms. The van der Waals surface area contributed by atoms with E-state index >= 15 is 0 Å². The second-order valence-electron chi connectivity index (χ2n) is 6.31. The molecule has 1 aromatic rings. The van der Waals surface area contributed by atoms with Crippen molar-refractivity contribution in [1.29, 1.82) is 0 Å². The van der Waals surface area contributed by atoms with Gasteiger partial charge in [0.25, 0.3) is 0 Å². The first-order valence-corrected chi connectivity index (χ1v) is 7.47. The maximum atomic E-state index is 12.0. The summed E-state index contributed by atoms with van der Waals surface area (Å²) in [6.07, 6.45) is 0.856. The first kappa shape index (κ1) is 18.0. The summed E-state index contributed by atoms with van der Waals surface area (Å²) in [7, 11) is 1.36. The maximum absolute atomic E-state index is 12.0. The van der Waals surface area contributed by atoms with Gasteiger partial charge in [0.2, 0.25) is 0 Å². The lowest BCUT2D eigenvalue weighted by Gasteiger charge is -2.24. The highest BCUT2D eigenvalue weighted by atomic mass is 16.5. The lowest BCUT2D eigenvalue weighted by molar-refractivity contribution is -0.140. The molecule has 0 bridgehead atoms. The van der Waals surface area contributed by atoms with E-state index in [0.29, 0.717) is 19.4 Å². The fraction of sp³-hybridized carbons (Fsp3) is 0.529. The Balaban J connectivity index is 2.63. The first-order valence-electron chi connectivity index (χ1n) is 7.47. The van der Waals surface area contributed by atoms with Crippen LogP contribution in [0, 0.1) is 6.92 Å². The number of anilines is 1. The van der Waals surface area contributed by atoms with E-state index < -0.39 is 0 Å². The number of benzene rings is 1. The highest BCUT2D eigenvalue weighted by Gasteiger charge is 2.20. The summed E-state index contributed by atoms with van der Waals surface area (Å²) < 4.78 is 4.55. The van der Waals surface area contributed by atoms with Gasteiger partial charge in [-0.1, -0.05) is 39.0 Å². The van der Waals surface area contributed by atoms with Gasteiger partial charge in [0.05, 0.1) is 7.11 Å². The Morgan fingerprint density at radius 1 is 1.23 bits per heavy atom. The zero-order valence-corrected chi connectivity index (χ0v) is 14.1. The summed E-state index contributed by atoms with van der Waals surface area (Å²) in [5.41, 5.74) is 2.91. The third-order valence-corrected chi connectivity index (χ3v) is 3.39. The fourth-order valence-corrected chi connectivity index (χ4v) is 2.15. The monoisotopic (exact) mass is 306 g/mol. The van der Waals surface area contributed by atoms with E-state index in [-0.39, 0.29) is 17.4 Å². The van der Waals surface area contributed by atoms with E-state index in [1.54, 1.807) is 0 Å². The Labute approximate surface area is 132 Å². The first-order chi connectivity index (χ1) is 10.3. The molecule has 0 fully saturated rings. The zero-order chi connectivity index (χ0) is 16.8. The molecule has 1 aromatic carbocycles. The van der Waals surface area contributed by atoms with Crippen molar-refractivity contribution in [1.82, 2.24) is 5.32 Å². The highest BCUT2D eigenvalue weighted by molar-refractivity contribution is 5.91. The van der Waals surface area contributed by atoms with Crippen LogP contribution >= 0.6 is 0 Å². The predicted molar refractivity (Wildman–Crippen MR) is 88.2 cm³/mol. The lowest BCUT2D eigenvalue weighted by atomic mass is 9.84. The van der Waals surface area contributed by atoms with Gasteiger partial charge in [0, 0.05) is 18.7 Å². The fourth-order valence-electron chi connectivity index (χ4n) is 2.15. The normalized spacial score (nSPS) is 11.0.